The minimum Gasteiger partial charge on any atom is -0.352 e. The van der Waals surface area contributed by atoms with Gasteiger partial charge in [-0.2, -0.15) is 13.2 Å². The van der Waals surface area contributed by atoms with Crippen molar-refractivity contribution in [2.45, 2.75) is 19.1 Å². The van der Waals surface area contributed by atoms with E-state index in [0.717, 1.165) is 17.7 Å². The van der Waals surface area contributed by atoms with Crippen LogP contribution >= 0.6 is 0 Å². The largest absolute Gasteiger partial charge is 0.416 e. The number of rotatable bonds is 1. The van der Waals surface area contributed by atoms with Gasteiger partial charge in [0.1, 0.15) is 6.04 Å². The molecule has 1 rings (SSSR count). The van der Waals surface area contributed by atoms with Crippen LogP contribution in [0.25, 0.3) is 0 Å². The van der Waals surface area contributed by atoms with Crippen LogP contribution in [-0.2, 0) is 6.18 Å². The van der Waals surface area contributed by atoms with Crippen molar-refractivity contribution < 1.29 is 18.9 Å². The van der Waals surface area contributed by atoms with E-state index in [9.17, 15) is 13.2 Å². The summed E-state index contributed by atoms with van der Waals surface area (Å²) < 4.78 is 36.3. The lowest BCUT2D eigenvalue weighted by atomic mass is 10.1. The smallest absolute Gasteiger partial charge is 0.352 e. The van der Waals surface area contributed by atoms with Gasteiger partial charge in [0, 0.05) is 5.56 Å². The Morgan fingerprint density at radius 2 is 1.62 bits per heavy atom. The molecule has 13 heavy (non-hydrogen) atoms. The molecule has 72 valence electrons. The van der Waals surface area contributed by atoms with Crippen molar-refractivity contribution in [3.8, 4) is 0 Å². The van der Waals surface area contributed by atoms with E-state index in [-0.39, 0.29) is 6.04 Å². The summed E-state index contributed by atoms with van der Waals surface area (Å²) >= 11 is 0. The maximum atomic E-state index is 12.1. The van der Waals surface area contributed by atoms with Gasteiger partial charge >= 0.3 is 6.18 Å². The summed E-state index contributed by atoms with van der Waals surface area (Å²) in [5.41, 5.74) is 3.92. The second kappa shape index (κ2) is 3.38. The SMILES string of the molecule is CC([NH3+])c1ccc(C(F)(F)F)cc1. The maximum absolute atomic E-state index is 12.1. The Kier molecular flexibility index (Phi) is 2.61. The molecule has 0 aliphatic rings. The molecular formula is C9H11F3N+. The molecule has 0 amide bonds. The lowest BCUT2D eigenvalue weighted by Gasteiger charge is -2.07. The number of benzene rings is 1. The second-order valence-corrected chi connectivity index (χ2v) is 3.02. The third kappa shape index (κ3) is 2.45. The van der Waals surface area contributed by atoms with E-state index in [1.807, 2.05) is 6.92 Å². The lowest BCUT2D eigenvalue weighted by molar-refractivity contribution is -0.420. The van der Waals surface area contributed by atoms with Gasteiger partial charge in [-0.15, -0.1) is 0 Å². The Morgan fingerprint density at radius 1 is 1.15 bits per heavy atom. The van der Waals surface area contributed by atoms with Gasteiger partial charge in [0.2, 0.25) is 0 Å². The average molecular weight is 190 g/mol. The van der Waals surface area contributed by atoms with Crippen molar-refractivity contribution in [2.24, 2.45) is 0 Å². The molecule has 0 heterocycles. The topological polar surface area (TPSA) is 27.6 Å². The maximum Gasteiger partial charge on any atom is 0.416 e. The van der Waals surface area contributed by atoms with Gasteiger partial charge in [0.25, 0.3) is 0 Å². The molecule has 0 saturated heterocycles. The summed E-state index contributed by atoms with van der Waals surface area (Å²) in [7, 11) is 0. The predicted molar refractivity (Wildman–Crippen MR) is 42.7 cm³/mol. The summed E-state index contributed by atoms with van der Waals surface area (Å²) in [5, 5.41) is 0. The van der Waals surface area contributed by atoms with Crippen LogP contribution in [0.15, 0.2) is 24.3 Å². The third-order valence-corrected chi connectivity index (χ3v) is 1.81. The van der Waals surface area contributed by atoms with Crippen molar-refractivity contribution in [1.82, 2.24) is 0 Å². The molecule has 0 aromatic heterocycles. The van der Waals surface area contributed by atoms with Crippen molar-refractivity contribution in [3.05, 3.63) is 35.4 Å². The van der Waals surface area contributed by atoms with E-state index in [4.69, 9.17) is 0 Å². The van der Waals surface area contributed by atoms with Crippen LogP contribution in [0.1, 0.15) is 24.1 Å². The molecule has 3 N–H and O–H groups in total. The minimum absolute atomic E-state index is 0.0160. The quantitative estimate of drug-likeness (QED) is 0.701. The van der Waals surface area contributed by atoms with E-state index < -0.39 is 11.7 Å². The zero-order valence-electron chi connectivity index (χ0n) is 7.23. The summed E-state index contributed by atoms with van der Waals surface area (Å²) in [6.07, 6.45) is -4.25. The molecule has 0 spiro atoms. The van der Waals surface area contributed by atoms with E-state index in [1.54, 1.807) is 0 Å². The number of alkyl halides is 3. The molecule has 0 aliphatic carbocycles. The summed E-state index contributed by atoms with van der Waals surface area (Å²) in [6, 6.07) is 5.09. The van der Waals surface area contributed by atoms with Gasteiger partial charge < -0.3 is 5.73 Å². The van der Waals surface area contributed by atoms with Crippen LogP contribution < -0.4 is 5.73 Å². The Balaban J connectivity index is 2.94. The van der Waals surface area contributed by atoms with Crippen LogP contribution in [0.2, 0.25) is 0 Å². The summed E-state index contributed by atoms with van der Waals surface area (Å²) in [5.74, 6) is 0. The highest BCUT2D eigenvalue weighted by Gasteiger charge is 2.30. The van der Waals surface area contributed by atoms with E-state index in [0.29, 0.717) is 0 Å². The summed E-state index contributed by atoms with van der Waals surface area (Å²) in [4.78, 5) is 0. The van der Waals surface area contributed by atoms with Gasteiger partial charge in [0.05, 0.1) is 5.56 Å². The van der Waals surface area contributed by atoms with Crippen LogP contribution in [0.4, 0.5) is 13.2 Å². The normalized spacial score (nSPS) is 14.2. The molecule has 0 saturated carbocycles. The average Bonchev–Trinajstić information content (AvgIpc) is 2.03. The number of hydrogen-bond donors (Lipinski definition) is 1. The van der Waals surface area contributed by atoms with E-state index in [1.165, 1.54) is 12.1 Å². The fourth-order valence-electron chi connectivity index (χ4n) is 1.00. The molecule has 1 nitrogen and oxygen atoms in total. The number of halogens is 3. The molecular weight excluding hydrogens is 179 g/mol. The van der Waals surface area contributed by atoms with Crippen LogP contribution in [0.3, 0.4) is 0 Å². The van der Waals surface area contributed by atoms with Crippen molar-refractivity contribution in [2.75, 3.05) is 0 Å². The standard InChI is InChI=1S/C9H10F3N/c1-6(13)7-2-4-8(5-3-7)9(10,11)12/h2-6H,13H2,1H3/p+1. The van der Waals surface area contributed by atoms with Crippen molar-refractivity contribution in [1.29, 1.82) is 0 Å². The molecule has 0 radical (unpaired) electrons. The van der Waals surface area contributed by atoms with Crippen molar-refractivity contribution >= 4 is 0 Å². The highest BCUT2D eigenvalue weighted by Crippen LogP contribution is 2.29. The monoisotopic (exact) mass is 190 g/mol. The first-order valence-electron chi connectivity index (χ1n) is 3.91. The van der Waals surface area contributed by atoms with Crippen molar-refractivity contribution in [3.63, 3.8) is 0 Å². The minimum atomic E-state index is -4.25. The Hall–Kier alpha value is -1.03. The summed E-state index contributed by atoms with van der Waals surface area (Å²) in [6.45, 7) is 1.84. The molecule has 1 aromatic rings. The van der Waals surface area contributed by atoms with Gasteiger partial charge in [-0.1, -0.05) is 12.1 Å². The second-order valence-electron chi connectivity index (χ2n) is 3.02. The number of hydrogen-bond acceptors (Lipinski definition) is 0. The van der Waals surface area contributed by atoms with E-state index >= 15 is 0 Å². The van der Waals surface area contributed by atoms with Gasteiger partial charge in [-0.05, 0) is 19.1 Å². The molecule has 1 aromatic carbocycles. The fourth-order valence-corrected chi connectivity index (χ4v) is 1.00. The molecule has 4 heteroatoms. The Morgan fingerprint density at radius 3 is 1.92 bits per heavy atom. The molecule has 0 fully saturated rings. The lowest BCUT2D eigenvalue weighted by Crippen LogP contribution is -2.51. The van der Waals surface area contributed by atoms with Gasteiger partial charge in [-0.3, -0.25) is 0 Å². The first-order valence-corrected chi connectivity index (χ1v) is 3.91. The molecule has 1 unspecified atom stereocenters. The zero-order valence-corrected chi connectivity index (χ0v) is 7.23. The van der Waals surface area contributed by atoms with Crippen LogP contribution in [0.5, 0.6) is 0 Å². The first-order chi connectivity index (χ1) is 5.91. The third-order valence-electron chi connectivity index (χ3n) is 1.81. The molecule has 0 aliphatic heterocycles. The highest BCUT2D eigenvalue weighted by molar-refractivity contribution is 5.25. The highest BCUT2D eigenvalue weighted by atomic mass is 19.4. The predicted octanol–water partition coefficient (Wildman–Crippen LogP) is 2.01. The Labute approximate surface area is 74.4 Å². The molecule has 1 atom stereocenters. The zero-order chi connectivity index (χ0) is 10.1. The first kappa shape index (κ1) is 10.1. The van der Waals surface area contributed by atoms with Crippen LogP contribution in [-0.4, -0.2) is 0 Å². The van der Waals surface area contributed by atoms with Gasteiger partial charge in [-0.25, -0.2) is 0 Å². The van der Waals surface area contributed by atoms with E-state index in [2.05, 4.69) is 5.73 Å². The number of quaternary nitrogens is 1. The van der Waals surface area contributed by atoms with Crippen LogP contribution in [0, 0.1) is 0 Å². The van der Waals surface area contributed by atoms with Gasteiger partial charge in [0.15, 0.2) is 0 Å². The fraction of sp³-hybridized carbons (Fsp3) is 0.333. The Bertz CT molecular complexity index is 274. The molecule has 0 bridgehead atoms.